The van der Waals surface area contributed by atoms with E-state index in [2.05, 4.69) is 4.74 Å². The van der Waals surface area contributed by atoms with E-state index in [0.29, 0.717) is 0 Å². The van der Waals surface area contributed by atoms with Crippen LogP contribution in [0.2, 0.25) is 0 Å². The van der Waals surface area contributed by atoms with Crippen molar-refractivity contribution < 1.29 is 13.9 Å². The van der Waals surface area contributed by atoms with Crippen molar-refractivity contribution >= 4 is 5.97 Å². The van der Waals surface area contributed by atoms with E-state index in [-0.39, 0.29) is 24.9 Å². The lowest BCUT2D eigenvalue weighted by molar-refractivity contribution is -0.137. The Morgan fingerprint density at radius 1 is 1.88 bits per heavy atom. The van der Waals surface area contributed by atoms with Gasteiger partial charge in [-0.3, -0.25) is 9.18 Å². The summed E-state index contributed by atoms with van der Waals surface area (Å²) in [5.41, 5.74) is 0. The van der Waals surface area contributed by atoms with Crippen LogP contribution in [0.4, 0.5) is 4.39 Å². The summed E-state index contributed by atoms with van der Waals surface area (Å²) >= 11 is 0. The third kappa shape index (κ3) is 0.967. The molecular formula is C5H7FO2. The van der Waals surface area contributed by atoms with Gasteiger partial charge in [-0.2, -0.15) is 0 Å². The zero-order valence-corrected chi connectivity index (χ0v) is 4.39. The minimum absolute atomic E-state index is 0.164. The minimum Gasteiger partial charge on any atom is -0.465 e. The summed E-state index contributed by atoms with van der Waals surface area (Å²) < 4.78 is 16.1. The summed E-state index contributed by atoms with van der Waals surface area (Å²) in [4.78, 5) is 10.2. The lowest BCUT2D eigenvalue weighted by Crippen LogP contribution is -1.99. The number of halogens is 1. The number of alkyl halides is 1. The van der Waals surface area contributed by atoms with E-state index in [0.717, 1.165) is 0 Å². The molecule has 0 spiro atoms. The third-order valence-electron chi connectivity index (χ3n) is 1.15. The van der Waals surface area contributed by atoms with Crippen molar-refractivity contribution in [2.24, 2.45) is 5.92 Å². The van der Waals surface area contributed by atoms with E-state index < -0.39 is 6.67 Å². The highest BCUT2D eigenvalue weighted by Crippen LogP contribution is 2.13. The summed E-state index contributed by atoms with van der Waals surface area (Å²) in [6.45, 7) is -0.166. The first-order valence-corrected chi connectivity index (χ1v) is 2.54. The van der Waals surface area contributed by atoms with Gasteiger partial charge in [0, 0.05) is 5.92 Å². The topological polar surface area (TPSA) is 26.3 Å². The van der Waals surface area contributed by atoms with Crippen LogP contribution in [0.15, 0.2) is 0 Å². The summed E-state index contributed by atoms with van der Waals surface area (Å²) in [7, 11) is 0. The molecule has 1 aliphatic heterocycles. The molecule has 0 amide bonds. The Morgan fingerprint density at radius 2 is 2.62 bits per heavy atom. The highest BCUT2D eigenvalue weighted by molar-refractivity contribution is 5.71. The van der Waals surface area contributed by atoms with Crippen molar-refractivity contribution in [2.45, 2.75) is 6.42 Å². The normalized spacial score (nSPS) is 28.1. The number of ether oxygens (including phenoxy) is 1. The number of esters is 1. The molecule has 2 nitrogen and oxygen atoms in total. The first-order valence-electron chi connectivity index (χ1n) is 2.54. The molecule has 3 heteroatoms. The predicted molar refractivity (Wildman–Crippen MR) is 25.0 cm³/mol. The Bertz CT molecular complexity index is 103. The number of rotatable bonds is 1. The Kier molecular flexibility index (Phi) is 1.46. The second kappa shape index (κ2) is 2.11. The fourth-order valence-corrected chi connectivity index (χ4v) is 0.663. The molecule has 1 atom stereocenters. The number of cyclic esters (lactones) is 1. The van der Waals surface area contributed by atoms with Gasteiger partial charge in [0.15, 0.2) is 0 Å². The van der Waals surface area contributed by atoms with Gasteiger partial charge < -0.3 is 4.74 Å². The molecule has 0 unspecified atom stereocenters. The smallest absolute Gasteiger partial charge is 0.306 e. The van der Waals surface area contributed by atoms with Crippen molar-refractivity contribution in [2.75, 3.05) is 13.3 Å². The maximum absolute atomic E-state index is 11.6. The lowest BCUT2D eigenvalue weighted by Gasteiger charge is -1.92. The molecule has 0 aromatic rings. The first-order chi connectivity index (χ1) is 3.83. The molecule has 8 heavy (non-hydrogen) atoms. The molecule has 0 aromatic heterocycles. The highest BCUT2D eigenvalue weighted by Gasteiger charge is 2.22. The quantitative estimate of drug-likeness (QED) is 0.469. The van der Waals surface area contributed by atoms with E-state index in [1.54, 1.807) is 0 Å². The number of hydrogen-bond donors (Lipinski definition) is 0. The first kappa shape index (κ1) is 5.54. The van der Waals surface area contributed by atoms with Gasteiger partial charge in [0.1, 0.15) is 0 Å². The minimum atomic E-state index is -0.439. The van der Waals surface area contributed by atoms with Gasteiger partial charge >= 0.3 is 5.97 Å². The molecule has 1 heterocycles. The molecule has 46 valence electrons. The van der Waals surface area contributed by atoms with Crippen LogP contribution in [0, 0.1) is 5.92 Å². The molecule has 0 saturated carbocycles. The van der Waals surface area contributed by atoms with Crippen LogP contribution in [-0.2, 0) is 9.53 Å². The van der Waals surface area contributed by atoms with Gasteiger partial charge in [0.25, 0.3) is 0 Å². The average Bonchev–Trinajstić information content (AvgIpc) is 2.14. The van der Waals surface area contributed by atoms with Crippen LogP contribution in [0.25, 0.3) is 0 Å². The molecule has 1 saturated heterocycles. The van der Waals surface area contributed by atoms with Crippen molar-refractivity contribution in [1.29, 1.82) is 0 Å². The van der Waals surface area contributed by atoms with Gasteiger partial charge in [-0.25, -0.2) is 0 Å². The molecule has 0 bridgehead atoms. The third-order valence-corrected chi connectivity index (χ3v) is 1.15. The monoisotopic (exact) mass is 118 g/mol. The van der Waals surface area contributed by atoms with E-state index in [1.165, 1.54) is 0 Å². The second-order valence-corrected chi connectivity index (χ2v) is 1.91. The lowest BCUT2D eigenvalue weighted by atomic mass is 10.1. The van der Waals surface area contributed by atoms with Gasteiger partial charge in [0.2, 0.25) is 0 Å². The Labute approximate surface area is 46.6 Å². The maximum Gasteiger partial charge on any atom is 0.306 e. The van der Waals surface area contributed by atoms with Gasteiger partial charge in [-0.1, -0.05) is 0 Å². The second-order valence-electron chi connectivity index (χ2n) is 1.91. The van der Waals surface area contributed by atoms with Crippen molar-refractivity contribution in [3.05, 3.63) is 0 Å². The van der Waals surface area contributed by atoms with Gasteiger partial charge in [-0.15, -0.1) is 0 Å². The van der Waals surface area contributed by atoms with Gasteiger partial charge in [-0.05, 0) is 0 Å². The standard InChI is InChI=1S/C5H7FO2/c6-2-4-1-5(7)8-3-4/h4H,1-3H2/t4-/m1/s1. The fourth-order valence-electron chi connectivity index (χ4n) is 0.663. The van der Waals surface area contributed by atoms with Crippen LogP contribution in [0.3, 0.4) is 0 Å². The molecule has 1 rings (SSSR count). The van der Waals surface area contributed by atoms with E-state index in [1.807, 2.05) is 0 Å². The summed E-state index contributed by atoms with van der Waals surface area (Å²) in [6, 6.07) is 0. The van der Waals surface area contributed by atoms with Crippen LogP contribution >= 0.6 is 0 Å². The average molecular weight is 118 g/mol. The predicted octanol–water partition coefficient (Wildman–Crippen LogP) is 0.519. The summed E-state index contributed by atoms with van der Waals surface area (Å²) in [5.74, 6) is -0.435. The molecular weight excluding hydrogens is 111 g/mol. The molecule has 0 N–H and O–H groups in total. The molecule has 1 fully saturated rings. The number of hydrogen-bond acceptors (Lipinski definition) is 2. The molecule has 1 aliphatic rings. The highest BCUT2D eigenvalue weighted by atomic mass is 19.1. The molecule has 0 aliphatic carbocycles. The van der Waals surface area contributed by atoms with Crippen molar-refractivity contribution in [1.82, 2.24) is 0 Å². The van der Waals surface area contributed by atoms with Crippen LogP contribution in [0.1, 0.15) is 6.42 Å². The van der Waals surface area contributed by atoms with E-state index >= 15 is 0 Å². The zero-order chi connectivity index (χ0) is 5.98. The molecule has 0 radical (unpaired) electrons. The van der Waals surface area contributed by atoms with Crippen LogP contribution < -0.4 is 0 Å². The van der Waals surface area contributed by atoms with Crippen molar-refractivity contribution in [3.63, 3.8) is 0 Å². The summed E-state index contributed by atoms with van der Waals surface area (Å²) in [5, 5.41) is 0. The van der Waals surface area contributed by atoms with Crippen LogP contribution in [-0.4, -0.2) is 19.3 Å². The Morgan fingerprint density at radius 3 is 2.88 bits per heavy atom. The summed E-state index contributed by atoms with van der Waals surface area (Å²) in [6.07, 6.45) is 0.260. The SMILES string of the molecule is O=C1C[C@H](CF)CO1. The zero-order valence-electron chi connectivity index (χ0n) is 4.39. The Hall–Kier alpha value is -0.600. The number of carbonyl (C=O) groups is 1. The van der Waals surface area contributed by atoms with Crippen molar-refractivity contribution in [3.8, 4) is 0 Å². The van der Waals surface area contributed by atoms with E-state index in [9.17, 15) is 9.18 Å². The van der Waals surface area contributed by atoms with E-state index in [4.69, 9.17) is 0 Å². The van der Waals surface area contributed by atoms with Crippen LogP contribution in [0.5, 0.6) is 0 Å². The fraction of sp³-hybridized carbons (Fsp3) is 0.800. The maximum atomic E-state index is 11.6. The van der Waals surface area contributed by atoms with Gasteiger partial charge in [0.05, 0.1) is 19.7 Å². The largest absolute Gasteiger partial charge is 0.465 e. The molecule has 0 aromatic carbocycles. The number of carbonyl (C=O) groups excluding carboxylic acids is 1. The Balaban J connectivity index is 2.32.